The lowest BCUT2D eigenvalue weighted by Gasteiger charge is -2.16. The molecular formula is C20H19NO2S3. The van der Waals surface area contributed by atoms with Gasteiger partial charge >= 0.3 is 0 Å². The minimum absolute atomic E-state index is 0.332. The van der Waals surface area contributed by atoms with Gasteiger partial charge in [0, 0.05) is 39.6 Å². The zero-order valence-electron chi connectivity index (χ0n) is 14.8. The van der Waals surface area contributed by atoms with Gasteiger partial charge in [-0.25, -0.2) is 8.42 Å². The van der Waals surface area contributed by atoms with Crippen molar-refractivity contribution >= 4 is 33.4 Å². The number of rotatable bonds is 5. The van der Waals surface area contributed by atoms with Crippen LogP contribution in [0.15, 0.2) is 75.6 Å². The van der Waals surface area contributed by atoms with Gasteiger partial charge in [-0.3, -0.25) is 4.98 Å². The Labute approximate surface area is 163 Å². The molecule has 3 nitrogen and oxygen atoms in total. The molecule has 0 spiro atoms. The summed E-state index contributed by atoms with van der Waals surface area (Å²) in [6.07, 6.45) is 8.79. The number of hydrogen-bond acceptors (Lipinski definition) is 5. The molecule has 0 bridgehead atoms. The average Bonchev–Trinajstić information content (AvgIpc) is 2.67. The average molecular weight is 402 g/mol. The van der Waals surface area contributed by atoms with E-state index in [-0.39, 0.29) is 0 Å². The molecule has 0 aliphatic heterocycles. The van der Waals surface area contributed by atoms with E-state index in [2.05, 4.69) is 17.1 Å². The van der Waals surface area contributed by atoms with Crippen molar-refractivity contribution in [2.45, 2.75) is 14.7 Å². The number of pyridine rings is 1. The second-order valence-corrected chi connectivity index (χ2v) is 9.53. The minimum Gasteiger partial charge on any atom is -0.264 e. The fourth-order valence-corrected chi connectivity index (χ4v) is 4.60. The van der Waals surface area contributed by atoms with Crippen molar-refractivity contribution in [2.24, 2.45) is 0 Å². The van der Waals surface area contributed by atoms with Gasteiger partial charge in [0.25, 0.3) is 0 Å². The third-order valence-electron chi connectivity index (χ3n) is 4.07. The van der Waals surface area contributed by atoms with Crippen molar-refractivity contribution in [2.75, 3.05) is 18.8 Å². The van der Waals surface area contributed by atoms with Gasteiger partial charge in [0.15, 0.2) is 9.84 Å². The summed E-state index contributed by atoms with van der Waals surface area (Å²) in [5, 5.41) is 0. The summed E-state index contributed by atoms with van der Waals surface area (Å²) < 4.78 is 24.4. The molecule has 26 heavy (non-hydrogen) atoms. The maximum atomic E-state index is 12.2. The van der Waals surface area contributed by atoms with Gasteiger partial charge in [-0.2, -0.15) is 0 Å². The van der Waals surface area contributed by atoms with Gasteiger partial charge in [0.1, 0.15) is 0 Å². The molecule has 0 fully saturated rings. The van der Waals surface area contributed by atoms with Crippen molar-refractivity contribution in [3.63, 3.8) is 0 Å². The van der Waals surface area contributed by atoms with Crippen LogP contribution in [-0.4, -0.2) is 32.2 Å². The summed E-state index contributed by atoms with van der Waals surface area (Å²) >= 11 is 3.22. The van der Waals surface area contributed by atoms with E-state index in [1.165, 1.54) is 11.2 Å². The lowest BCUT2D eigenvalue weighted by molar-refractivity contribution is 0.601. The number of aromatic nitrogens is 1. The molecule has 0 atom stereocenters. The van der Waals surface area contributed by atoms with E-state index in [9.17, 15) is 8.42 Å². The van der Waals surface area contributed by atoms with Crippen LogP contribution in [0.4, 0.5) is 0 Å². The van der Waals surface area contributed by atoms with Gasteiger partial charge in [-0.15, -0.1) is 23.5 Å². The van der Waals surface area contributed by atoms with E-state index >= 15 is 0 Å². The summed E-state index contributed by atoms with van der Waals surface area (Å²) in [6, 6.07) is 15.6. The Hall–Kier alpha value is -1.76. The van der Waals surface area contributed by atoms with Crippen molar-refractivity contribution in [1.29, 1.82) is 0 Å². The summed E-state index contributed by atoms with van der Waals surface area (Å²) in [6.45, 7) is 0. The molecule has 3 rings (SSSR count). The molecule has 3 aromatic rings. The van der Waals surface area contributed by atoms with Crippen molar-refractivity contribution in [3.05, 3.63) is 60.9 Å². The Morgan fingerprint density at radius 3 is 2.19 bits per heavy atom. The summed E-state index contributed by atoms with van der Waals surface area (Å²) in [5.74, 6) is 0. The molecule has 0 unspecified atom stereocenters. The Kier molecular flexibility index (Phi) is 5.75. The van der Waals surface area contributed by atoms with Gasteiger partial charge in [0.05, 0.1) is 4.90 Å². The van der Waals surface area contributed by atoms with Crippen LogP contribution in [-0.2, 0) is 9.84 Å². The first-order chi connectivity index (χ1) is 12.4. The molecule has 0 radical (unpaired) electrons. The van der Waals surface area contributed by atoms with Crippen LogP contribution < -0.4 is 0 Å². The Bertz CT molecular complexity index is 1010. The highest BCUT2D eigenvalue weighted by atomic mass is 32.2. The fraction of sp³-hybridized carbons (Fsp3) is 0.150. The van der Waals surface area contributed by atoms with Crippen LogP contribution in [0.5, 0.6) is 0 Å². The quantitative estimate of drug-likeness (QED) is 0.546. The molecule has 2 aromatic carbocycles. The number of benzene rings is 2. The van der Waals surface area contributed by atoms with Crippen LogP contribution >= 0.6 is 23.5 Å². The topological polar surface area (TPSA) is 47.0 Å². The summed E-state index contributed by atoms with van der Waals surface area (Å²) in [7, 11) is -3.31. The summed E-state index contributed by atoms with van der Waals surface area (Å²) in [5.41, 5.74) is 3.87. The number of hydrogen-bond donors (Lipinski definition) is 0. The van der Waals surface area contributed by atoms with Gasteiger partial charge in [-0.05, 0) is 54.0 Å². The lowest BCUT2D eigenvalue weighted by Crippen LogP contribution is -2.00. The molecule has 0 amide bonds. The first kappa shape index (κ1) is 19.0. The van der Waals surface area contributed by atoms with Crippen molar-refractivity contribution in [3.8, 4) is 22.3 Å². The molecule has 6 heteroatoms. The van der Waals surface area contributed by atoms with Gasteiger partial charge in [-0.1, -0.05) is 18.2 Å². The molecule has 0 aliphatic rings. The van der Waals surface area contributed by atoms with Crippen LogP contribution in [0.25, 0.3) is 22.3 Å². The van der Waals surface area contributed by atoms with E-state index in [0.29, 0.717) is 4.90 Å². The van der Waals surface area contributed by atoms with Crippen molar-refractivity contribution in [1.82, 2.24) is 4.98 Å². The van der Waals surface area contributed by atoms with E-state index < -0.39 is 9.84 Å². The fourth-order valence-electron chi connectivity index (χ4n) is 2.77. The SMILES string of the molecule is CSc1ccc(-c2cc(S(C)(=O)=O)cc(SC)c2-c2cccnc2)cc1. The second-order valence-electron chi connectivity index (χ2n) is 5.79. The van der Waals surface area contributed by atoms with Gasteiger partial charge in [0.2, 0.25) is 0 Å². The Balaban J connectivity index is 2.34. The van der Waals surface area contributed by atoms with Crippen LogP contribution in [0.3, 0.4) is 0 Å². The molecule has 134 valence electrons. The van der Waals surface area contributed by atoms with E-state index in [1.54, 1.807) is 41.9 Å². The number of nitrogens with zero attached hydrogens (tertiary/aromatic N) is 1. The molecule has 0 saturated carbocycles. The third-order valence-corrected chi connectivity index (χ3v) is 6.67. The normalized spacial score (nSPS) is 11.5. The van der Waals surface area contributed by atoms with E-state index in [4.69, 9.17) is 0 Å². The zero-order chi connectivity index (χ0) is 18.7. The lowest BCUT2D eigenvalue weighted by atomic mass is 9.95. The number of thioether (sulfide) groups is 2. The zero-order valence-corrected chi connectivity index (χ0v) is 17.2. The highest BCUT2D eigenvalue weighted by molar-refractivity contribution is 7.99. The Morgan fingerprint density at radius 1 is 0.923 bits per heavy atom. The molecule has 0 saturated heterocycles. The van der Waals surface area contributed by atoms with Crippen LogP contribution in [0, 0.1) is 0 Å². The van der Waals surface area contributed by atoms with Crippen molar-refractivity contribution < 1.29 is 8.42 Å². The standard InChI is InChI=1S/C20H19NO2S3/c1-24-16-8-6-14(7-9-16)18-11-17(26(3,22)23)12-19(25-2)20(18)15-5-4-10-21-13-15/h4-13H,1-3H3. The van der Waals surface area contributed by atoms with Crippen LogP contribution in [0.1, 0.15) is 0 Å². The second kappa shape index (κ2) is 7.86. The maximum absolute atomic E-state index is 12.2. The van der Waals surface area contributed by atoms with Gasteiger partial charge < -0.3 is 0 Å². The maximum Gasteiger partial charge on any atom is 0.175 e. The molecule has 1 heterocycles. The minimum atomic E-state index is -3.31. The first-order valence-corrected chi connectivity index (χ1v) is 12.2. The molecular weight excluding hydrogens is 382 g/mol. The highest BCUT2D eigenvalue weighted by Crippen LogP contribution is 2.41. The molecule has 1 aromatic heterocycles. The molecule has 0 aliphatic carbocycles. The monoisotopic (exact) mass is 401 g/mol. The van der Waals surface area contributed by atoms with Crippen LogP contribution in [0.2, 0.25) is 0 Å². The number of sulfone groups is 1. The van der Waals surface area contributed by atoms with E-state index in [0.717, 1.165) is 27.1 Å². The van der Waals surface area contributed by atoms with E-state index in [1.807, 2.05) is 43.0 Å². The predicted molar refractivity (Wildman–Crippen MR) is 112 cm³/mol. The summed E-state index contributed by atoms with van der Waals surface area (Å²) in [4.78, 5) is 6.66. The smallest absolute Gasteiger partial charge is 0.175 e. The first-order valence-electron chi connectivity index (χ1n) is 7.91. The predicted octanol–water partition coefficient (Wildman–Crippen LogP) is 5.26. The largest absolute Gasteiger partial charge is 0.264 e. The highest BCUT2D eigenvalue weighted by Gasteiger charge is 2.18. The molecule has 0 N–H and O–H groups in total. The third kappa shape index (κ3) is 3.98. The Morgan fingerprint density at radius 2 is 1.65 bits per heavy atom.